The third-order valence-electron chi connectivity index (χ3n) is 4.56. The van der Waals surface area contributed by atoms with Crippen LogP contribution in [-0.4, -0.2) is 23.5 Å². The molecule has 162 valence electrons. The van der Waals surface area contributed by atoms with Crippen LogP contribution in [0.3, 0.4) is 0 Å². The van der Waals surface area contributed by atoms with Crippen LogP contribution in [0, 0.1) is 0 Å². The number of amides is 1. The number of hydrazone groups is 1. The molecule has 1 heterocycles. The molecule has 0 atom stereocenters. The Labute approximate surface area is 189 Å². The van der Waals surface area contributed by atoms with Gasteiger partial charge in [0, 0.05) is 20.9 Å². The molecule has 0 radical (unpaired) electrons. The average Bonchev–Trinajstić information content (AvgIpc) is 3.14. The van der Waals surface area contributed by atoms with Gasteiger partial charge < -0.3 is 9.72 Å². The maximum absolute atomic E-state index is 12.9. The van der Waals surface area contributed by atoms with Gasteiger partial charge in [-0.15, -0.1) is 13.2 Å². The van der Waals surface area contributed by atoms with Crippen molar-refractivity contribution in [3.8, 4) is 16.9 Å². The summed E-state index contributed by atoms with van der Waals surface area (Å²) in [7, 11) is 0. The maximum atomic E-state index is 12.9. The first-order valence-electron chi connectivity index (χ1n) is 9.36. The first-order valence-corrected chi connectivity index (χ1v) is 10.2. The highest BCUT2D eigenvalue weighted by Crippen LogP contribution is 2.34. The van der Waals surface area contributed by atoms with Crippen LogP contribution in [0.1, 0.15) is 16.1 Å². The molecule has 4 rings (SSSR count). The number of fused-ring (bicyclic) bond motifs is 1. The highest BCUT2D eigenvalue weighted by atomic mass is 79.9. The van der Waals surface area contributed by atoms with E-state index in [0.29, 0.717) is 16.6 Å². The Hall–Kier alpha value is -3.59. The Morgan fingerprint density at radius 3 is 2.38 bits per heavy atom. The third kappa shape index (κ3) is 5.00. The normalized spacial score (nSPS) is 11.8. The van der Waals surface area contributed by atoms with Gasteiger partial charge in [0.2, 0.25) is 0 Å². The van der Waals surface area contributed by atoms with Crippen LogP contribution in [0.25, 0.3) is 22.0 Å². The number of hydrogen-bond acceptors (Lipinski definition) is 3. The summed E-state index contributed by atoms with van der Waals surface area (Å²) < 4.78 is 42.2. The summed E-state index contributed by atoms with van der Waals surface area (Å²) >= 11 is 3.35. The predicted octanol–water partition coefficient (Wildman–Crippen LogP) is 6.26. The Morgan fingerprint density at radius 2 is 1.69 bits per heavy atom. The average molecular weight is 502 g/mol. The standard InChI is InChI=1S/C23H15BrF3N3O2/c24-16-9-5-14(6-10-16)13-28-30-22(31)21-20(18-3-1-2-4-19(18)29-21)15-7-11-17(12-8-15)32-23(25,26)27/h1-13,29H,(H,30,31)/b28-13-. The fraction of sp³-hybridized carbons (Fsp3) is 0.0435. The number of benzene rings is 3. The van der Waals surface area contributed by atoms with Gasteiger partial charge in [0.15, 0.2) is 0 Å². The van der Waals surface area contributed by atoms with Crippen molar-refractivity contribution in [2.24, 2.45) is 5.10 Å². The number of carbonyl (C=O) groups excluding carboxylic acids is 1. The van der Waals surface area contributed by atoms with E-state index in [1.165, 1.54) is 30.5 Å². The molecule has 0 saturated carbocycles. The van der Waals surface area contributed by atoms with E-state index in [9.17, 15) is 18.0 Å². The predicted molar refractivity (Wildman–Crippen MR) is 120 cm³/mol. The Bertz CT molecular complexity index is 1280. The van der Waals surface area contributed by atoms with Crippen molar-refractivity contribution in [2.75, 3.05) is 0 Å². The Balaban J connectivity index is 1.64. The number of H-pyrrole nitrogens is 1. The number of aromatic nitrogens is 1. The first-order chi connectivity index (χ1) is 15.3. The van der Waals surface area contributed by atoms with Gasteiger partial charge in [-0.3, -0.25) is 4.79 Å². The summed E-state index contributed by atoms with van der Waals surface area (Å²) in [5.74, 6) is -0.827. The van der Waals surface area contributed by atoms with Crippen molar-refractivity contribution in [2.45, 2.75) is 6.36 Å². The van der Waals surface area contributed by atoms with Crippen molar-refractivity contribution in [3.63, 3.8) is 0 Å². The third-order valence-corrected chi connectivity index (χ3v) is 5.09. The van der Waals surface area contributed by atoms with Crippen molar-refractivity contribution >= 4 is 39.0 Å². The highest BCUT2D eigenvalue weighted by molar-refractivity contribution is 9.10. The van der Waals surface area contributed by atoms with Gasteiger partial charge in [0.05, 0.1) is 6.21 Å². The lowest BCUT2D eigenvalue weighted by molar-refractivity contribution is -0.274. The SMILES string of the molecule is O=C(N/N=C\c1ccc(Br)cc1)c1[nH]c2ccccc2c1-c1ccc(OC(F)(F)F)cc1. The van der Waals surface area contributed by atoms with E-state index in [1.54, 1.807) is 0 Å². The molecule has 3 aromatic carbocycles. The number of aromatic amines is 1. The largest absolute Gasteiger partial charge is 0.573 e. The summed E-state index contributed by atoms with van der Waals surface area (Å²) in [4.78, 5) is 15.9. The molecule has 0 unspecified atom stereocenters. The quantitative estimate of drug-likeness (QED) is 0.250. The van der Waals surface area contributed by atoms with Crippen LogP contribution in [0.15, 0.2) is 82.4 Å². The zero-order valence-corrected chi connectivity index (χ0v) is 17.9. The van der Waals surface area contributed by atoms with Crippen LogP contribution >= 0.6 is 15.9 Å². The molecule has 0 aliphatic carbocycles. The number of rotatable bonds is 5. The van der Waals surface area contributed by atoms with Crippen LogP contribution in [0.2, 0.25) is 0 Å². The fourth-order valence-electron chi connectivity index (χ4n) is 3.21. The van der Waals surface area contributed by atoms with Crippen molar-refractivity contribution in [3.05, 3.63) is 88.5 Å². The number of hydrogen-bond donors (Lipinski definition) is 2. The molecule has 0 aliphatic rings. The van der Waals surface area contributed by atoms with E-state index in [0.717, 1.165) is 15.4 Å². The molecule has 2 N–H and O–H groups in total. The van der Waals surface area contributed by atoms with Gasteiger partial charge in [-0.25, -0.2) is 5.43 Å². The molecule has 5 nitrogen and oxygen atoms in total. The maximum Gasteiger partial charge on any atom is 0.573 e. The fourth-order valence-corrected chi connectivity index (χ4v) is 3.47. The lowest BCUT2D eigenvalue weighted by Crippen LogP contribution is -2.19. The van der Waals surface area contributed by atoms with Gasteiger partial charge >= 0.3 is 6.36 Å². The lowest BCUT2D eigenvalue weighted by atomic mass is 10.0. The number of ether oxygens (including phenoxy) is 1. The summed E-state index contributed by atoms with van der Waals surface area (Å²) in [6.45, 7) is 0. The van der Waals surface area contributed by atoms with E-state index >= 15 is 0 Å². The minimum Gasteiger partial charge on any atom is -0.406 e. The molecule has 0 fully saturated rings. The second-order valence-corrected chi connectivity index (χ2v) is 7.66. The van der Waals surface area contributed by atoms with E-state index in [2.05, 4.69) is 36.2 Å². The zero-order valence-electron chi connectivity index (χ0n) is 16.3. The summed E-state index contributed by atoms with van der Waals surface area (Å²) in [6.07, 6.45) is -3.27. The number of carbonyl (C=O) groups is 1. The van der Waals surface area contributed by atoms with E-state index < -0.39 is 12.3 Å². The van der Waals surface area contributed by atoms with Gasteiger partial charge in [0.1, 0.15) is 11.4 Å². The molecule has 1 amide bonds. The lowest BCUT2D eigenvalue weighted by Gasteiger charge is -2.10. The van der Waals surface area contributed by atoms with Crippen LogP contribution < -0.4 is 10.2 Å². The molecule has 9 heteroatoms. The molecular formula is C23H15BrF3N3O2. The molecule has 0 spiro atoms. The van der Waals surface area contributed by atoms with Crippen molar-refractivity contribution in [1.82, 2.24) is 10.4 Å². The minimum atomic E-state index is -4.78. The molecule has 0 bridgehead atoms. The topological polar surface area (TPSA) is 66.5 Å². The smallest absolute Gasteiger partial charge is 0.406 e. The van der Waals surface area contributed by atoms with Crippen molar-refractivity contribution < 1.29 is 22.7 Å². The Kier molecular flexibility index (Phi) is 6.00. The second-order valence-electron chi connectivity index (χ2n) is 6.74. The van der Waals surface area contributed by atoms with Gasteiger partial charge in [-0.05, 0) is 41.5 Å². The number of halogens is 4. The zero-order chi connectivity index (χ0) is 22.7. The number of nitrogens with one attached hydrogen (secondary N) is 2. The van der Waals surface area contributed by atoms with Gasteiger partial charge in [-0.2, -0.15) is 5.10 Å². The van der Waals surface area contributed by atoms with Gasteiger partial charge in [-0.1, -0.05) is 58.4 Å². The minimum absolute atomic E-state index is 0.239. The first kappa shape index (κ1) is 21.6. The number of alkyl halides is 3. The summed E-state index contributed by atoms with van der Waals surface area (Å²) in [6, 6.07) is 20.0. The monoisotopic (exact) mass is 501 g/mol. The number of nitrogens with zero attached hydrogens (tertiary/aromatic N) is 1. The number of para-hydroxylation sites is 1. The molecule has 32 heavy (non-hydrogen) atoms. The second kappa shape index (κ2) is 8.88. The van der Waals surface area contributed by atoms with Crippen LogP contribution in [0.5, 0.6) is 5.75 Å². The molecular weight excluding hydrogens is 487 g/mol. The van der Waals surface area contributed by atoms with Crippen LogP contribution in [0.4, 0.5) is 13.2 Å². The van der Waals surface area contributed by atoms with E-state index in [-0.39, 0.29) is 11.4 Å². The Morgan fingerprint density at radius 1 is 1.00 bits per heavy atom. The van der Waals surface area contributed by atoms with Gasteiger partial charge in [0.25, 0.3) is 5.91 Å². The molecule has 4 aromatic rings. The molecule has 0 saturated heterocycles. The molecule has 0 aliphatic heterocycles. The van der Waals surface area contributed by atoms with Crippen molar-refractivity contribution in [1.29, 1.82) is 0 Å². The van der Waals surface area contributed by atoms with E-state index in [4.69, 9.17) is 0 Å². The van der Waals surface area contributed by atoms with Crippen LogP contribution in [-0.2, 0) is 0 Å². The molecule has 1 aromatic heterocycles. The summed E-state index contributed by atoms with van der Waals surface area (Å²) in [5, 5.41) is 4.75. The summed E-state index contributed by atoms with van der Waals surface area (Å²) in [5.41, 5.74) is 5.34. The highest BCUT2D eigenvalue weighted by Gasteiger charge is 2.31. The van der Waals surface area contributed by atoms with E-state index in [1.807, 2.05) is 48.5 Å².